The molecular formula is C23H20N2O2S. The monoisotopic (exact) mass is 388 g/mol. The third kappa shape index (κ3) is 3.94. The molecule has 0 radical (unpaired) electrons. The number of nitrogens with one attached hydrogen (secondary N) is 1. The molecule has 5 heteroatoms. The minimum atomic E-state index is -0.478. The molecule has 28 heavy (non-hydrogen) atoms. The zero-order valence-electron chi connectivity index (χ0n) is 15.7. The second kappa shape index (κ2) is 7.90. The van der Waals surface area contributed by atoms with Crippen molar-refractivity contribution < 1.29 is 9.21 Å². The molecule has 1 aromatic heterocycles. The average Bonchev–Trinajstić information content (AvgIpc) is 3.12. The van der Waals surface area contributed by atoms with Gasteiger partial charge in [-0.05, 0) is 60.5 Å². The van der Waals surface area contributed by atoms with Gasteiger partial charge in [0.05, 0.1) is 0 Å². The van der Waals surface area contributed by atoms with E-state index in [9.17, 15) is 4.79 Å². The summed E-state index contributed by atoms with van der Waals surface area (Å²) in [5.74, 6) is -0.104. The summed E-state index contributed by atoms with van der Waals surface area (Å²) in [7, 11) is 0. The Morgan fingerprint density at radius 2 is 1.75 bits per heavy atom. The zero-order valence-corrected chi connectivity index (χ0v) is 16.5. The summed E-state index contributed by atoms with van der Waals surface area (Å²) in [6.07, 6.45) is 0. The quantitative estimate of drug-likeness (QED) is 0.431. The van der Waals surface area contributed by atoms with Crippen LogP contribution in [0, 0.1) is 13.8 Å². The van der Waals surface area contributed by atoms with Gasteiger partial charge in [-0.2, -0.15) is 0 Å². The summed E-state index contributed by atoms with van der Waals surface area (Å²) in [5.41, 5.74) is 5.35. The van der Waals surface area contributed by atoms with Crippen LogP contribution in [-0.4, -0.2) is 10.9 Å². The SMILES string of the molecule is Cc1ccc(C)c(NC(=O)C(Sc2nc3ccccc3o2)c2ccccc2)c1. The average molecular weight is 388 g/mol. The van der Waals surface area contributed by atoms with E-state index in [0.29, 0.717) is 10.8 Å². The van der Waals surface area contributed by atoms with Crippen molar-refractivity contribution in [2.45, 2.75) is 24.3 Å². The molecule has 3 aromatic carbocycles. The highest BCUT2D eigenvalue weighted by atomic mass is 32.2. The fourth-order valence-corrected chi connectivity index (χ4v) is 3.92. The highest BCUT2D eigenvalue weighted by molar-refractivity contribution is 8.00. The van der Waals surface area contributed by atoms with E-state index in [1.807, 2.05) is 86.6 Å². The van der Waals surface area contributed by atoms with Crippen LogP contribution in [0.4, 0.5) is 5.69 Å². The Hall–Kier alpha value is -3.05. The second-order valence-electron chi connectivity index (χ2n) is 6.66. The van der Waals surface area contributed by atoms with Crippen molar-refractivity contribution in [2.24, 2.45) is 0 Å². The van der Waals surface area contributed by atoms with Crippen molar-refractivity contribution in [1.29, 1.82) is 0 Å². The van der Waals surface area contributed by atoms with Crippen molar-refractivity contribution in [2.75, 3.05) is 5.32 Å². The molecule has 0 spiro atoms. The fourth-order valence-electron chi connectivity index (χ4n) is 2.97. The molecule has 1 amide bonds. The third-order valence-corrected chi connectivity index (χ3v) is 5.58. The number of nitrogens with zero attached hydrogens (tertiary/aromatic N) is 1. The molecule has 4 aromatic rings. The Labute approximate surface area is 168 Å². The Balaban J connectivity index is 1.65. The van der Waals surface area contributed by atoms with E-state index in [4.69, 9.17) is 4.42 Å². The predicted octanol–water partition coefficient (Wildman–Crippen LogP) is 5.92. The zero-order chi connectivity index (χ0) is 19.5. The van der Waals surface area contributed by atoms with E-state index >= 15 is 0 Å². The number of benzene rings is 3. The van der Waals surface area contributed by atoms with Gasteiger partial charge in [-0.3, -0.25) is 4.79 Å². The van der Waals surface area contributed by atoms with Crippen molar-refractivity contribution in [3.8, 4) is 0 Å². The van der Waals surface area contributed by atoms with Gasteiger partial charge in [0.1, 0.15) is 10.8 Å². The highest BCUT2D eigenvalue weighted by Gasteiger charge is 2.25. The first-order valence-electron chi connectivity index (χ1n) is 9.05. The van der Waals surface area contributed by atoms with Gasteiger partial charge in [-0.25, -0.2) is 4.98 Å². The Bertz CT molecular complexity index is 1090. The number of amides is 1. The van der Waals surface area contributed by atoms with E-state index in [1.165, 1.54) is 11.8 Å². The molecule has 0 aliphatic heterocycles. The number of oxazole rings is 1. The van der Waals surface area contributed by atoms with Crippen molar-refractivity contribution in [1.82, 2.24) is 4.98 Å². The number of aryl methyl sites for hydroxylation is 2. The van der Waals surface area contributed by atoms with Crippen LogP contribution in [0.3, 0.4) is 0 Å². The maximum atomic E-state index is 13.2. The number of para-hydroxylation sites is 2. The molecule has 0 saturated heterocycles. The van der Waals surface area contributed by atoms with Gasteiger partial charge < -0.3 is 9.73 Å². The van der Waals surface area contributed by atoms with Crippen molar-refractivity contribution in [3.05, 3.63) is 89.5 Å². The molecule has 1 unspecified atom stereocenters. The van der Waals surface area contributed by atoms with Crippen LogP contribution in [0.5, 0.6) is 0 Å². The van der Waals surface area contributed by atoms with Crippen molar-refractivity contribution in [3.63, 3.8) is 0 Å². The Morgan fingerprint density at radius 1 is 1.00 bits per heavy atom. The van der Waals surface area contributed by atoms with Crippen LogP contribution in [0.25, 0.3) is 11.1 Å². The molecule has 0 aliphatic rings. The molecule has 0 fully saturated rings. The normalized spacial score (nSPS) is 12.1. The molecule has 1 N–H and O–H groups in total. The molecule has 140 valence electrons. The maximum absolute atomic E-state index is 13.2. The number of hydrogen-bond donors (Lipinski definition) is 1. The van der Waals surface area contributed by atoms with E-state index in [-0.39, 0.29) is 5.91 Å². The largest absolute Gasteiger partial charge is 0.431 e. The molecule has 1 atom stereocenters. The lowest BCUT2D eigenvalue weighted by atomic mass is 10.1. The minimum Gasteiger partial charge on any atom is -0.431 e. The summed E-state index contributed by atoms with van der Waals surface area (Å²) in [4.78, 5) is 17.7. The summed E-state index contributed by atoms with van der Waals surface area (Å²) in [6.45, 7) is 4.00. The summed E-state index contributed by atoms with van der Waals surface area (Å²) < 4.78 is 5.84. The predicted molar refractivity (Wildman–Crippen MR) is 114 cm³/mol. The van der Waals surface area contributed by atoms with Crippen LogP contribution < -0.4 is 5.32 Å². The van der Waals surface area contributed by atoms with Gasteiger partial charge >= 0.3 is 0 Å². The standard InChI is InChI=1S/C23H20N2O2S/c1-15-12-13-16(2)19(14-15)24-22(26)21(17-8-4-3-5-9-17)28-23-25-18-10-6-7-11-20(18)27-23/h3-14,21H,1-2H3,(H,24,26). The number of carbonyl (C=O) groups is 1. The van der Waals surface area contributed by atoms with Crippen LogP contribution >= 0.6 is 11.8 Å². The van der Waals surface area contributed by atoms with Gasteiger partial charge in [0.25, 0.3) is 5.22 Å². The van der Waals surface area contributed by atoms with Gasteiger partial charge in [-0.1, -0.05) is 54.6 Å². The summed E-state index contributed by atoms with van der Waals surface area (Å²) in [6, 6.07) is 23.3. The first kappa shape index (κ1) is 18.3. The van der Waals surface area contributed by atoms with Gasteiger partial charge in [-0.15, -0.1) is 0 Å². The highest BCUT2D eigenvalue weighted by Crippen LogP contribution is 2.37. The van der Waals surface area contributed by atoms with Gasteiger partial charge in [0.2, 0.25) is 5.91 Å². The van der Waals surface area contributed by atoms with Gasteiger partial charge in [0.15, 0.2) is 5.58 Å². The topological polar surface area (TPSA) is 55.1 Å². The lowest BCUT2D eigenvalue weighted by Gasteiger charge is -2.16. The molecule has 4 nitrogen and oxygen atoms in total. The lowest BCUT2D eigenvalue weighted by Crippen LogP contribution is -2.19. The molecule has 0 bridgehead atoms. The smallest absolute Gasteiger partial charge is 0.257 e. The van der Waals surface area contributed by atoms with Crippen LogP contribution in [0.1, 0.15) is 21.9 Å². The van der Waals surface area contributed by atoms with Crippen molar-refractivity contribution >= 4 is 34.5 Å². The van der Waals surface area contributed by atoms with E-state index in [2.05, 4.69) is 10.3 Å². The molecule has 1 heterocycles. The van der Waals surface area contributed by atoms with Crippen LogP contribution in [0.15, 0.2) is 82.4 Å². The number of anilines is 1. The van der Waals surface area contributed by atoms with Crippen LogP contribution in [-0.2, 0) is 4.79 Å². The minimum absolute atomic E-state index is 0.104. The second-order valence-corrected chi connectivity index (χ2v) is 7.72. The third-order valence-electron chi connectivity index (χ3n) is 4.48. The number of thioether (sulfide) groups is 1. The molecule has 4 rings (SSSR count). The molecule has 0 saturated carbocycles. The maximum Gasteiger partial charge on any atom is 0.257 e. The van der Waals surface area contributed by atoms with E-state index in [0.717, 1.165) is 27.9 Å². The first-order chi connectivity index (χ1) is 13.6. The lowest BCUT2D eigenvalue weighted by molar-refractivity contribution is -0.115. The van der Waals surface area contributed by atoms with E-state index in [1.54, 1.807) is 0 Å². The molecule has 0 aliphatic carbocycles. The van der Waals surface area contributed by atoms with Crippen LogP contribution in [0.2, 0.25) is 0 Å². The van der Waals surface area contributed by atoms with E-state index < -0.39 is 5.25 Å². The number of hydrogen-bond acceptors (Lipinski definition) is 4. The van der Waals surface area contributed by atoms with Gasteiger partial charge in [0, 0.05) is 5.69 Å². The molecular weight excluding hydrogens is 368 g/mol. The fraction of sp³-hybridized carbons (Fsp3) is 0.130. The number of carbonyl (C=O) groups excluding carboxylic acids is 1. The Kier molecular flexibility index (Phi) is 5.17. The summed E-state index contributed by atoms with van der Waals surface area (Å²) in [5, 5.41) is 3.07. The summed E-state index contributed by atoms with van der Waals surface area (Å²) >= 11 is 1.32. The number of rotatable bonds is 5. The number of aromatic nitrogens is 1. The Morgan fingerprint density at radius 3 is 2.54 bits per heavy atom. The first-order valence-corrected chi connectivity index (χ1v) is 9.93. The number of fused-ring (bicyclic) bond motifs is 1.